The molecule has 0 bridgehead atoms. The van der Waals surface area contributed by atoms with Gasteiger partial charge in [-0.3, -0.25) is 4.98 Å². The third kappa shape index (κ3) is 3.68. The largest absolute Gasteiger partial charge is 0.351 e. The Morgan fingerprint density at radius 2 is 1.67 bits per heavy atom. The number of nitrogens with one attached hydrogen (secondary N) is 1. The SMILES string of the molecule is Cc1cc(C2C(c3ccccn3)NC(=S)N2c2ccccc2F)c(C)n1-c1ccc(F)cc1. The second-order valence-corrected chi connectivity index (χ2v) is 8.47. The van der Waals surface area contributed by atoms with Crippen LogP contribution in [0.5, 0.6) is 0 Å². The second-order valence-electron chi connectivity index (χ2n) is 8.09. The summed E-state index contributed by atoms with van der Waals surface area (Å²) >= 11 is 5.70. The summed E-state index contributed by atoms with van der Waals surface area (Å²) < 4.78 is 30.5. The van der Waals surface area contributed by atoms with Gasteiger partial charge in [0.1, 0.15) is 11.6 Å². The fraction of sp³-hybridized carbons (Fsp3) is 0.154. The van der Waals surface area contributed by atoms with Crippen LogP contribution in [-0.2, 0) is 0 Å². The summed E-state index contributed by atoms with van der Waals surface area (Å²) in [5.41, 5.74) is 5.03. The van der Waals surface area contributed by atoms with Crippen LogP contribution in [0.1, 0.15) is 34.7 Å². The van der Waals surface area contributed by atoms with Crippen LogP contribution < -0.4 is 10.2 Å². The molecule has 1 aliphatic rings. The van der Waals surface area contributed by atoms with Gasteiger partial charge in [-0.1, -0.05) is 18.2 Å². The number of anilines is 1. The molecule has 5 rings (SSSR count). The minimum atomic E-state index is -0.347. The number of hydrogen-bond donors (Lipinski definition) is 1. The van der Waals surface area contributed by atoms with Crippen LogP contribution >= 0.6 is 12.2 Å². The first-order valence-electron chi connectivity index (χ1n) is 10.7. The predicted octanol–water partition coefficient (Wildman–Crippen LogP) is 5.94. The van der Waals surface area contributed by atoms with Crippen molar-refractivity contribution < 1.29 is 8.78 Å². The highest BCUT2D eigenvalue weighted by molar-refractivity contribution is 7.80. The zero-order chi connectivity index (χ0) is 23.1. The lowest BCUT2D eigenvalue weighted by molar-refractivity contribution is 0.556. The van der Waals surface area contributed by atoms with E-state index in [1.807, 2.05) is 36.9 Å². The van der Waals surface area contributed by atoms with E-state index in [2.05, 4.69) is 20.9 Å². The normalized spacial score (nSPS) is 17.9. The van der Waals surface area contributed by atoms with Crippen molar-refractivity contribution in [1.82, 2.24) is 14.9 Å². The first kappa shape index (κ1) is 21.3. The molecule has 2 atom stereocenters. The van der Waals surface area contributed by atoms with E-state index in [4.69, 9.17) is 12.2 Å². The number of nitrogens with zero attached hydrogens (tertiary/aromatic N) is 3. The molecule has 1 fully saturated rings. The fourth-order valence-electron chi connectivity index (χ4n) is 4.65. The zero-order valence-electron chi connectivity index (χ0n) is 18.2. The number of thiocarbonyl (C=S) groups is 1. The third-order valence-corrected chi connectivity index (χ3v) is 6.40. The van der Waals surface area contributed by atoms with Crippen LogP contribution in [0.3, 0.4) is 0 Å². The van der Waals surface area contributed by atoms with Crippen LogP contribution in [0.25, 0.3) is 5.69 Å². The second kappa shape index (κ2) is 8.41. The van der Waals surface area contributed by atoms with Crippen molar-refractivity contribution in [3.05, 3.63) is 113 Å². The molecule has 2 aromatic carbocycles. The first-order valence-corrected chi connectivity index (χ1v) is 11.1. The Bertz CT molecular complexity index is 1320. The molecule has 7 heteroatoms. The van der Waals surface area contributed by atoms with Crippen molar-refractivity contribution in [3.8, 4) is 5.69 Å². The van der Waals surface area contributed by atoms with Crippen LogP contribution in [0.4, 0.5) is 14.5 Å². The standard InChI is InChI=1S/C26H22F2N4S/c1-16-15-20(17(2)31(16)19-12-10-18(27)11-13-19)25-24(22-8-5-6-14-29-22)30-26(33)32(25)23-9-4-3-7-21(23)28/h3-15,24-25H,1-2H3,(H,30,33). The molecule has 1 saturated heterocycles. The average molecular weight is 461 g/mol. The van der Waals surface area contributed by atoms with Crippen molar-refractivity contribution in [3.63, 3.8) is 0 Å². The van der Waals surface area contributed by atoms with Crippen molar-refractivity contribution in [2.24, 2.45) is 0 Å². The number of aryl methyl sites for hydroxylation is 1. The Morgan fingerprint density at radius 3 is 2.36 bits per heavy atom. The highest BCUT2D eigenvalue weighted by Gasteiger charge is 2.43. The van der Waals surface area contributed by atoms with Crippen molar-refractivity contribution in [2.75, 3.05) is 4.90 Å². The molecule has 166 valence electrons. The summed E-state index contributed by atoms with van der Waals surface area (Å²) in [6.07, 6.45) is 1.74. The van der Waals surface area contributed by atoms with Crippen molar-refractivity contribution in [1.29, 1.82) is 0 Å². The zero-order valence-corrected chi connectivity index (χ0v) is 19.0. The van der Waals surface area contributed by atoms with Gasteiger partial charge in [0.05, 0.1) is 23.5 Å². The fourth-order valence-corrected chi connectivity index (χ4v) is 4.99. The minimum Gasteiger partial charge on any atom is -0.351 e. The van der Waals surface area contributed by atoms with Gasteiger partial charge < -0.3 is 14.8 Å². The Balaban J connectivity index is 1.69. The van der Waals surface area contributed by atoms with Gasteiger partial charge in [-0.25, -0.2) is 8.78 Å². The molecule has 3 heterocycles. The molecule has 0 saturated carbocycles. The van der Waals surface area contributed by atoms with Crippen molar-refractivity contribution >= 4 is 23.0 Å². The van der Waals surface area contributed by atoms with Crippen LogP contribution in [0.2, 0.25) is 0 Å². The van der Waals surface area contributed by atoms with Gasteiger partial charge in [-0.05, 0) is 86.2 Å². The molecule has 0 aliphatic carbocycles. The maximum absolute atomic E-state index is 14.9. The molecule has 0 amide bonds. The number of aromatic nitrogens is 2. The molecule has 2 aromatic heterocycles. The Labute approximate surface area is 196 Å². The lowest BCUT2D eigenvalue weighted by Crippen LogP contribution is -2.30. The van der Waals surface area contributed by atoms with Crippen LogP contribution in [0.15, 0.2) is 79.0 Å². The van der Waals surface area contributed by atoms with Gasteiger partial charge in [0.25, 0.3) is 0 Å². The molecular weight excluding hydrogens is 438 g/mol. The smallest absolute Gasteiger partial charge is 0.174 e. The number of pyridine rings is 1. The highest BCUT2D eigenvalue weighted by Crippen LogP contribution is 2.44. The summed E-state index contributed by atoms with van der Waals surface area (Å²) in [7, 11) is 0. The Morgan fingerprint density at radius 1 is 0.939 bits per heavy atom. The molecule has 4 aromatic rings. The van der Waals surface area contributed by atoms with Crippen molar-refractivity contribution in [2.45, 2.75) is 25.9 Å². The quantitative estimate of drug-likeness (QED) is 0.382. The Kier molecular flexibility index (Phi) is 5.42. The van der Waals surface area contributed by atoms with Gasteiger partial charge in [-0.15, -0.1) is 0 Å². The van der Waals surface area contributed by atoms with Gasteiger partial charge in [0, 0.05) is 23.3 Å². The summed E-state index contributed by atoms with van der Waals surface area (Å²) in [4.78, 5) is 6.39. The van der Waals surface area contributed by atoms with E-state index < -0.39 is 0 Å². The van der Waals surface area contributed by atoms with E-state index in [-0.39, 0.29) is 23.7 Å². The van der Waals surface area contributed by atoms with Gasteiger partial charge in [0.2, 0.25) is 0 Å². The van der Waals surface area contributed by atoms with Crippen LogP contribution in [-0.4, -0.2) is 14.7 Å². The van der Waals surface area contributed by atoms with E-state index in [0.717, 1.165) is 28.3 Å². The maximum atomic E-state index is 14.9. The van der Waals surface area contributed by atoms with Gasteiger partial charge >= 0.3 is 0 Å². The number of hydrogen-bond acceptors (Lipinski definition) is 2. The minimum absolute atomic E-state index is 0.277. The van der Waals surface area contributed by atoms with E-state index in [0.29, 0.717) is 10.8 Å². The Hall–Kier alpha value is -3.58. The summed E-state index contributed by atoms with van der Waals surface area (Å²) in [6.45, 7) is 4.02. The molecule has 4 nitrogen and oxygen atoms in total. The van der Waals surface area contributed by atoms with Crippen LogP contribution in [0, 0.1) is 25.5 Å². The molecule has 0 radical (unpaired) electrons. The van der Waals surface area contributed by atoms with E-state index in [1.54, 1.807) is 36.5 Å². The summed E-state index contributed by atoms with van der Waals surface area (Å²) in [5.74, 6) is -0.631. The van der Waals surface area contributed by atoms with E-state index >= 15 is 0 Å². The van der Waals surface area contributed by atoms with Gasteiger partial charge in [-0.2, -0.15) is 0 Å². The molecule has 2 unspecified atom stereocenters. The molecular formula is C26H22F2N4S. The topological polar surface area (TPSA) is 33.1 Å². The summed E-state index contributed by atoms with van der Waals surface area (Å²) in [5, 5.41) is 3.80. The number of benzene rings is 2. The lowest BCUT2D eigenvalue weighted by atomic mass is 9.96. The predicted molar refractivity (Wildman–Crippen MR) is 130 cm³/mol. The number of rotatable bonds is 4. The molecule has 1 N–H and O–H groups in total. The summed E-state index contributed by atoms with van der Waals surface area (Å²) in [6, 6.07) is 20.2. The molecule has 33 heavy (non-hydrogen) atoms. The lowest BCUT2D eigenvalue weighted by Gasteiger charge is -2.28. The first-order chi connectivity index (χ1) is 16.0. The maximum Gasteiger partial charge on any atom is 0.174 e. The number of para-hydroxylation sites is 1. The molecule has 0 spiro atoms. The number of halogens is 2. The average Bonchev–Trinajstić information content (AvgIpc) is 3.31. The monoisotopic (exact) mass is 460 g/mol. The molecule has 1 aliphatic heterocycles. The third-order valence-electron chi connectivity index (χ3n) is 6.08. The van der Waals surface area contributed by atoms with Gasteiger partial charge in [0.15, 0.2) is 5.11 Å². The van der Waals surface area contributed by atoms with E-state index in [1.165, 1.54) is 18.2 Å². The van der Waals surface area contributed by atoms with E-state index in [9.17, 15) is 8.78 Å². The highest BCUT2D eigenvalue weighted by atomic mass is 32.1.